The summed E-state index contributed by atoms with van der Waals surface area (Å²) in [6.07, 6.45) is 9.69. The number of carbonyl (C=O) groups excluding carboxylic acids is 2. The van der Waals surface area contributed by atoms with Gasteiger partial charge in [0.15, 0.2) is 5.11 Å². The quantitative estimate of drug-likeness (QED) is 0.330. The normalized spacial score (nSPS) is 13.8. The molecule has 1 saturated carbocycles. The summed E-state index contributed by atoms with van der Waals surface area (Å²) in [5, 5.41) is 2.71. The van der Waals surface area contributed by atoms with Gasteiger partial charge in [-0.3, -0.25) is 20.4 Å². The van der Waals surface area contributed by atoms with E-state index < -0.39 is 0 Å². The fourth-order valence-electron chi connectivity index (χ4n) is 3.29. The third-order valence-electron chi connectivity index (χ3n) is 4.87. The molecule has 2 rings (SSSR count). The Balaban J connectivity index is 1.66. The van der Waals surface area contributed by atoms with E-state index in [0.717, 1.165) is 25.0 Å². The number of hydrazine groups is 1. The summed E-state index contributed by atoms with van der Waals surface area (Å²) in [6.45, 7) is 2.86. The Morgan fingerprint density at radius 1 is 1.07 bits per heavy atom. The van der Waals surface area contributed by atoms with Crippen LogP contribution < -0.4 is 20.9 Å². The number of rotatable bonds is 9. The van der Waals surface area contributed by atoms with Crippen molar-refractivity contribution in [2.45, 2.75) is 64.7 Å². The van der Waals surface area contributed by atoms with Gasteiger partial charge in [0.2, 0.25) is 5.91 Å². The van der Waals surface area contributed by atoms with Gasteiger partial charge in [0, 0.05) is 12.0 Å². The minimum Gasteiger partial charge on any atom is -0.494 e. The number of benzene rings is 1. The highest BCUT2D eigenvalue weighted by molar-refractivity contribution is 7.80. The Morgan fingerprint density at radius 2 is 1.79 bits per heavy atom. The molecule has 0 aliphatic heterocycles. The van der Waals surface area contributed by atoms with Crippen molar-refractivity contribution in [2.75, 3.05) is 6.61 Å². The Morgan fingerprint density at radius 3 is 2.46 bits per heavy atom. The molecule has 0 radical (unpaired) electrons. The van der Waals surface area contributed by atoms with Crippen LogP contribution in [0.3, 0.4) is 0 Å². The van der Waals surface area contributed by atoms with Crippen molar-refractivity contribution in [3.05, 3.63) is 29.8 Å². The summed E-state index contributed by atoms with van der Waals surface area (Å²) in [7, 11) is 0. The van der Waals surface area contributed by atoms with Gasteiger partial charge in [0.25, 0.3) is 5.91 Å². The highest BCUT2D eigenvalue weighted by Gasteiger charge is 2.19. The van der Waals surface area contributed by atoms with Crippen LogP contribution in [0.1, 0.15) is 75.1 Å². The number of carbonyl (C=O) groups is 2. The highest BCUT2D eigenvalue weighted by Crippen LogP contribution is 2.27. The molecule has 0 saturated heterocycles. The van der Waals surface area contributed by atoms with Crippen molar-refractivity contribution in [1.82, 2.24) is 16.2 Å². The molecule has 1 aromatic carbocycles. The number of hydrogen-bond donors (Lipinski definition) is 3. The zero-order valence-corrected chi connectivity index (χ0v) is 17.4. The fourth-order valence-corrected chi connectivity index (χ4v) is 3.46. The van der Waals surface area contributed by atoms with Crippen LogP contribution in [-0.2, 0) is 4.79 Å². The molecule has 0 aromatic heterocycles. The Hall–Kier alpha value is -2.15. The number of amides is 2. The van der Waals surface area contributed by atoms with Crippen molar-refractivity contribution in [1.29, 1.82) is 0 Å². The van der Waals surface area contributed by atoms with Crippen LogP contribution in [0, 0.1) is 5.92 Å². The first-order valence-corrected chi connectivity index (χ1v) is 10.6. The third-order valence-corrected chi connectivity index (χ3v) is 5.08. The van der Waals surface area contributed by atoms with Crippen molar-refractivity contribution in [3.8, 4) is 5.75 Å². The summed E-state index contributed by atoms with van der Waals surface area (Å²) in [5.74, 6) is 0.751. The second-order valence-electron chi connectivity index (χ2n) is 7.24. The molecule has 2 amide bonds. The zero-order valence-electron chi connectivity index (χ0n) is 16.6. The SMILES string of the molecule is CCCCCCOc1ccc(C(=O)NNC(=S)NC(=O)CC2CCCC2)cc1. The molecular formula is C21H31N3O3S. The molecule has 0 unspecified atom stereocenters. The molecule has 0 bridgehead atoms. The zero-order chi connectivity index (χ0) is 20.2. The Labute approximate surface area is 172 Å². The van der Waals surface area contributed by atoms with E-state index >= 15 is 0 Å². The predicted octanol–water partition coefficient (Wildman–Crippen LogP) is 3.86. The first-order valence-electron chi connectivity index (χ1n) is 10.2. The van der Waals surface area contributed by atoms with Gasteiger partial charge in [0.05, 0.1) is 6.61 Å². The van der Waals surface area contributed by atoms with Gasteiger partial charge in [-0.2, -0.15) is 0 Å². The summed E-state index contributed by atoms with van der Waals surface area (Å²) in [4.78, 5) is 24.1. The lowest BCUT2D eigenvalue weighted by Crippen LogP contribution is -2.48. The van der Waals surface area contributed by atoms with Crippen LogP contribution >= 0.6 is 12.2 Å². The first kappa shape index (κ1) is 22.1. The lowest BCUT2D eigenvalue weighted by atomic mass is 10.0. The van der Waals surface area contributed by atoms with E-state index in [1.807, 2.05) is 0 Å². The van der Waals surface area contributed by atoms with Crippen LogP contribution in [0.5, 0.6) is 5.75 Å². The maximum absolute atomic E-state index is 12.2. The van der Waals surface area contributed by atoms with Crippen LogP contribution in [0.2, 0.25) is 0 Å². The summed E-state index contributed by atoms with van der Waals surface area (Å²) in [5.41, 5.74) is 5.55. The van der Waals surface area contributed by atoms with Gasteiger partial charge in [-0.05, 0) is 61.7 Å². The van der Waals surface area contributed by atoms with E-state index in [0.29, 0.717) is 24.5 Å². The van der Waals surface area contributed by atoms with Crippen LogP contribution in [0.4, 0.5) is 0 Å². The monoisotopic (exact) mass is 405 g/mol. The molecule has 6 nitrogen and oxygen atoms in total. The molecular weight excluding hydrogens is 374 g/mol. The third kappa shape index (κ3) is 8.25. The van der Waals surface area contributed by atoms with Gasteiger partial charge < -0.3 is 10.1 Å². The maximum atomic E-state index is 12.2. The summed E-state index contributed by atoms with van der Waals surface area (Å²) >= 11 is 5.06. The molecule has 0 atom stereocenters. The molecule has 1 aliphatic rings. The van der Waals surface area contributed by atoms with Crippen LogP contribution in [-0.4, -0.2) is 23.5 Å². The maximum Gasteiger partial charge on any atom is 0.269 e. The summed E-state index contributed by atoms with van der Waals surface area (Å²) < 4.78 is 5.67. The Kier molecular flexibility index (Phi) is 9.76. The second-order valence-corrected chi connectivity index (χ2v) is 7.65. The minimum absolute atomic E-state index is 0.100. The van der Waals surface area contributed by atoms with Gasteiger partial charge in [-0.1, -0.05) is 39.0 Å². The van der Waals surface area contributed by atoms with Gasteiger partial charge in [-0.15, -0.1) is 0 Å². The van der Waals surface area contributed by atoms with Crippen molar-refractivity contribution >= 4 is 29.1 Å². The van der Waals surface area contributed by atoms with E-state index in [4.69, 9.17) is 17.0 Å². The molecule has 28 heavy (non-hydrogen) atoms. The smallest absolute Gasteiger partial charge is 0.269 e. The number of ether oxygens (including phenoxy) is 1. The second kappa shape index (κ2) is 12.3. The highest BCUT2D eigenvalue weighted by atomic mass is 32.1. The number of hydrogen-bond acceptors (Lipinski definition) is 4. The lowest BCUT2D eigenvalue weighted by molar-refractivity contribution is -0.120. The largest absolute Gasteiger partial charge is 0.494 e. The van der Waals surface area contributed by atoms with Crippen LogP contribution in [0.15, 0.2) is 24.3 Å². The van der Waals surface area contributed by atoms with E-state index in [1.54, 1.807) is 24.3 Å². The van der Waals surface area contributed by atoms with Crippen molar-refractivity contribution in [3.63, 3.8) is 0 Å². The lowest BCUT2D eigenvalue weighted by Gasteiger charge is -2.13. The predicted molar refractivity (Wildman–Crippen MR) is 114 cm³/mol. The Bertz CT molecular complexity index is 643. The molecule has 0 heterocycles. The van der Waals surface area contributed by atoms with E-state index in [2.05, 4.69) is 23.1 Å². The number of unbranched alkanes of at least 4 members (excludes halogenated alkanes) is 3. The summed E-state index contributed by atoms with van der Waals surface area (Å²) in [6, 6.07) is 6.94. The molecule has 1 aliphatic carbocycles. The van der Waals surface area contributed by atoms with E-state index in [-0.39, 0.29) is 16.9 Å². The van der Waals surface area contributed by atoms with Gasteiger partial charge in [0.1, 0.15) is 5.75 Å². The molecule has 1 aromatic rings. The topological polar surface area (TPSA) is 79.5 Å². The van der Waals surface area contributed by atoms with E-state index in [9.17, 15) is 9.59 Å². The molecule has 154 valence electrons. The van der Waals surface area contributed by atoms with Gasteiger partial charge >= 0.3 is 0 Å². The first-order chi connectivity index (χ1) is 13.6. The molecule has 0 spiro atoms. The van der Waals surface area contributed by atoms with Gasteiger partial charge in [-0.25, -0.2) is 0 Å². The van der Waals surface area contributed by atoms with E-state index in [1.165, 1.54) is 32.1 Å². The molecule has 3 N–H and O–H groups in total. The number of thiocarbonyl (C=S) groups is 1. The van der Waals surface area contributed by atoms with Crippen molar-refractivity contribution < 1.29 is 14.3 Å². The molecule has 1 fully saturated rings. The number of nitrogens with one attached hydrogen (secondary N) is 3. The fraction of sp³-hybridized carbons (Fsp3) is 0.571. The minimum atomic E-state index is -0.332. The van der Waals surface area contributed by atoms with Crippen molar-refractivity contribution in [2.24, 2.45) is 5.92 Å². The average Bonchev–Trinajstić information content (AvgIpc) is 3.19. The standard InChI is InChI=1S/C21H31N3O3S/c1-2-3-4-7-14-27-18-12-10-17(11-13-18)20(26)23-24-21(28)22-19(25)15-16-8-5-6-9-16/h10-13,16H,2-9,14-15H2,1H3,(H,23,26)(H2,22,24,25,28). The average molecular weight is 406 g/mol. The molecule has 7 heteroatoms. The van der Waals surface area contributed by atoms with Crippen LogP contribution in [0.25, 0.3) is 0 Å².